The van der Waals surface area contributed by atoms with Gasteiger partial charge in [0.1, 0.15) is 0 Å². The molecule has 0 bridgehead atoms. The first-order chi connectivity index (χ1) is 11.0. The van der Waals surface area contributed by atoms with Crippen LogP contribution in [0.1, 0.15) is 26.3 Å². The molecule has 1 heteroatoms. The molecule has 0 nitrogen and oxygen atoms in total. The molecule has 0 heterocycles. The number of benzene rings is 3. The minimum atomic E-state index is 0.102. The zero-order valence-electron chi connectivity index (χ0n) is 13.8. The summed E-state index contributed by atoms with van der Waals surface area (Å²) < 4.78 is 0. The maximum atomic E-state index is 6.48. The molecule has 3 aromatic carbocycles. The monoisotopic (exact) mass is 320 g/mol. The predicted octanol–water partition coefficient (Wildman–Crippen LogP) is 6.97. The molecular weight excluding hydrogens is 300 g/mol. The fourth-order valence-electron chi connectivity index (χ4n) is 2.78. The number of hydrogen-bond donors (Lipinski definition) is 0. The second-order valence-corrected chi connectivity index (χ2v) is 7.26. The van der Waals surface area contributed by atoms with Crippen molar-refractivity contribution < 1.29 is 0 Å². The lowest BCUT2D eigenvalue weighted by atomic mass is 9.83. The maximum absolute atomic E-state index is 6.48. The molecule has 0 fully saturated rings. The van der Waals surface area contributed by atoms with Crippen molar-refractivity contribution in [1.29, 1.82) is 0 Å². The Morgan fingerprint density at radius 2 is 1.30 bits per heavy atom. The minimum Gasteiger partial charge on any atom is -0.0837 e. The van der Waals surface area contributed by atoms with E-state index in [1.165, 1.54) is 22.3 Å². The molecule has 0 aliphatic heterocycles. The van der Waals surface area contributed by atoms with E-state index in [2.05, 4.69) is 69.3 Å². The first-order valence-electron chi connectivity index (χ1n) is 7.92. The van der Waals surface area contributed by atoms with Gasteiger partial charge in [-0.3, -0.25) is 0 Å². The van der Waals surface area contributed by atoms with Gasteiger partial charge in [0.25, 0.3) is 0 Å². The molecule has 23 heavy (non-hydrogen) atoms. The normalized spacial score (nSPS) is 11.5. The molecule has 0 spiro atoms. The quantitative estimate of drug-likeness (QED) is 0.478. The average Bonchev–Trinajstić information content (AvgIpc) is 2.55. The average molecular weight is 321 g/mol. The number of rotatable bonds is 2. The van der Waals surface area contributed by atoms with Crippen LogP contribution < -0.4 is 0 Å². The second-order valence-electron chi connectivity index (χ2n) is 6.86. The molecule has 0 N–H and O–H groups in total. The largest absolute Gasteiger partial charge is 0.0837 e. The summed E-state index contributed by atoms with van der Waals surface area (Å²) in [5.74, 6) is 0. The van der Waals surface area contributed by atoms with Crippen LogP contribution in [0, 0.1) is 0 Å². The van der Waals surface area contributed by atoms with E-state index < -0.39 is 0 Å². The van der Waals surface area contributed by atoms with E-state index in [0.29, 0.717) is 0 Å². The Hall–Kier alpha value is -2.05. The highest BCUT2D eigenvalue weighted by Crippen LogP contribution is 2.38. The lowest BCUT2D eigenvalue weighted by Gasteiger charge is -2.22. The third kappa shape index (κ3) is 3.33. The molecular formula is C22H21Cl. The third-order valence-electron chi connectivity index (χ3n) is 4.13. The molecule has 0 radical (unpaired) electrons. The van der Waals surface area contributed by atoms with Crippen molar-refractivity contribution >= 4 is 11.6 Å². The molecule has 0 aromatic heterocycles. The first-order valence-corrected chi connectivity index (χ1v) is 8.29. The highest BCUT2D eigenvalue weighted by Gasteiger charge is 2.17. The van der Waals surface area contributed by atoms with Crippen LogP contribution in [0.25, 0.3) is 22.3 Å². The molecule has 0 saturated carbocycles. The Morgan fingerprint density at radius 3 is 1.96 bits per heavy atom. The van der Waals surface area contributed by atoms with Gasteiger partial charge in [-0.25, -0.2) is 0 Å². The highest BCUT2D eigenvalue weighted by molar-refractivity contribution is 6.33. The van der Waals surface area contributed by atoms with Crippen LogP contribution in [0.15, 0.2) is 72.8 Å². The van der Waals surface area contributed by atoms with Crippen molar-refractivity contribution in [2.24, 2.45) is 0 Å². The van der Waals surface area contributed by atoms with Crippen LogP contribution >= 0.6 is 11.6 Å². The molecule has 0 aliphatic carbocycles. The summed E-state index contributed by atoms with van der Waals surface area (Å²) in [4.78, 5) is 0. The van der Waals surface area contributed by atoms with Crippen molar-refractivity contribution in [3.63, 3.8) is 0 Å². The zero-order chi connectivity index (χ0) is 16.4. The van der Waals surface area contributed by atoms with Crippen molar-refractivity contribution in [1.82, 2.24) is 0 Å². The maximum Gasteiger partial charge on any atom is 0.0484 e. The summed E-state index contributed by atoms with van der Waals surface area (Å²) >= 11 is 6.48. The van der Waals surface area contributed by atoms with E-state index in [0.717, 1.165) is 10.6 Å². The second kappa shape index (κ2) is 6.22. The first kappa shape index (κ1) is 15.8. The standard InChI is InChI=1S/C22H21Cl/c1-22(2,3)17-13-14-18(16-9-5-4-6-10-16)20(15-17)19-11-7-8-12-21(19)23/h4-15H,1-3H3. The van der Waals surface area contributed by atoms with Gasteiger partial charge >= 0.3 is 0 Å². The lowest BCUT2D eigenvalue weighted by Crippen LogP contribution is -2.11. The van der Waals surface area contributed by atoms with Crippen LogP contribution in [0.4, 0.5) is 0 Å². The van der Waals surface area contributed by atoms with Crippen molar-refractivity contribution in [3.05, 3.63) is 83.4 Å². The summed E-state index contributed by atoms with van der Waals surface area (Å²) in [5, 5.41) is 0.788. The van der Waals surface area contributed by atoms with E-state index in [9.17, 15) is 0 Å². The van der Waals surface area contributed by atoms with E-state index in [1.54, 1.807) is 0 Å². The van der Waals surface area contributed by atoms with Gasteiger partial charge in [-0.15, -0.1) is 0 Å². The Labute approximate surface area is 143 Å². The van der Waals surface area contributed by atoms with Crippen molar-refractivity contribution in [3.8, 4) is 22.3 Å². The number of halogens is 1. The minimum absolute atomic E-state index is 0.102. The topological polar surface area (TPSA) is 0 Å². The Bertz CT molecular complexity index is 811. The van der Waals surface area contributed by atoms with Gasteiger partial charge < -0.3 is 0 Å². The molecule has 0 saturated heterocycles. The molecule has 0 atom stereocenters. The van der Waals surface area contributed by atoms with Gasteiger partial charge in [0, 0.05) is 10.6 Å². The Kier molecular flexibility index (Phi) is 4.28. The zero-order valence-corrected chi connectivity index (χ0v) is 14.6. The smallest absolute Gasteiger partial charge is 0.0484 e. The van der Waals surface area contributed by atoms with Gasteiger partial charge in [0.05, 0.1) is 0 Å². The van der Waals surface area contributed by atoms with Crippen LogP contribution in [-0.4, -0.2) is 0 Å². The van der Waals surface area contributed by atoms with E-state index in [-0.39, 0.29) is 5.41 Å². The fourth-order valence-corrected chi connectivity index (χ4v) is 3.02. The fraction of sp³-hybridized carbons (Fsp3) is 0.182. The summed E-state index contributed by atoms with van der Waals surface area (Å²) in [6, 6.07) is 25.3. The summed E-state index contributed by atoms with van der Waals surface area (Å²) in [5.41, 5.74) is 6.11. The van der Waals surface area contributed by atoms with E-state index in [1.807, 2.05) is 24.3 Å². The molecule has 3 aromatic rings. The van der Waals surface area contributed by atoms with Crippen LogP contribution in [-0.2, 0) is 5.41 Å². The molecule has 3 rings (SSSR count). The Balaban J connectivity index is 2.27. The molecule has 0 unspecified atom stereocenters. The van der Waals surface area contributed by atoms with Gasteiger partial charge in [-0.05, 0) is 39.8 Å². The van der Waals surface area contributed by atoms with Crippen LogP contribution in [0.2, 0.25) is 5.02 Å². The van der Waals surface area contributed by atoms with E-state index in [4.69, 9.17) is 11.6 Å². The van der Waals surface area contributed by atoms with Gasteiger partial charge in [-0.1, -0.05) is 93.0 Å². The van der Waals surface area contributed by atoms with Crippen LogP contribution in [0.5, 0.6) is 0 Å². The van der Waals surface area contributed by atoms with Crippen LogP contribution in [0.3, 0.4) is 0 Å². The predicted molar refractivity (Wildman–Crippen MR) is 101 cm³/mol. The van der Waals surface area contributed by atoms with E-state index >= 15 is 0 Å². The highest BCUT2D eigenvalue weighted by atomic mass is 35.5. The van der Waals surface area contributed by atoms with Gasteiger partial charge in [-0.2, -0.15) is 0 Å². The number of hydrogen-bond acceptors (Lipinski definition) is 0. The third-order valence-corrected chi connectivity index (χ3v) is 4.46. The van der Waals surface area contributed by atoms with Gasteiger partial charge in [0.2, 0.25) is 0 Å². The Morgan fingerprint density at radius 1 is 0.652 bits per heavy atom. The van der Waals surface area contributed by atoms with Gasteiger partial charge in [0.15, 0.2) is 0 Å². The van der Waals surface area contributed by atoms with Crippen molar-refractivity contribution in [2.45, 2.75) is 26.2 Å². The summed E-state index contributed by atoms with van der Waals surface area (Å²) in [7, 11) is 0. The SMILES string of the molecule is CC(C)(C)c1ccc(-c2ccccc2)c(-c2ccccc2Cl)c1. The summed E-state index contributed by atoms with van der Waals surface area (Å²) in [6.45, 7) is 6.71. The summed E-state index contributed by atoms with van der Waals surface area (Å²) in [6.07, 6.45) is 0. The molecule has 0 amide bonds. The molecule has 0 aliphatic rings. The lowest BCUT2D eigenvalue weighted by molar-refractivity contribution is 0.590. The molecule has 116 valence electrons. The van der Waals surface area contributed by atoms with Crippen molar-refractivity contribution in [2.75, 3.05) is 0 Å².